The molecule has 1 aromatic heterocycles. The normalized spacial score (nSPS) is 11.6. The molecule has 1 rings (SSSR count). The van der Waals surface area contributed by atoms with Gasteiger partial charge in [-0.1, -0.05) is 13.3 Å². The van der Waals surface area contributed by atoms with Crippen LogP contribution in [0.15, 0.2) is 12.1 Å². The third kappa shape index (κ3) is 4.14. The van der Waals surface area contributed by atoms with Crippen molar-refractivity contribution in [3.05, 3.63) is 17.8 Å². The fraction of sp³-hybridized carbons (Fsp3) is 0.667. The van der Waals surface area contributed by atoms with Crippen LogP contribution in [0.2, 0.25) is 0 Å². The number of hydrogen-bond acceptors (Lipinski definition) is 4. The van der Waals surface area contributed by atoms with Crippen molar-refractivity contribution in [2.45, 2.75) is 39.2 Å². The van der Waals surface area contributed by atoms with Gasteiger partial charge in [0.05, 0.1) is 5.69 Å². The summed E-state index contributed by atoms with van der Waals surface area (Å²) in [5.74, 6) is 0.873. The number of aryl methyl sites for hydroxylation is 1. The fourth-order valence-corrected chi connectivity index (χ4v) is 1.64. The quantitative estimate of drug-likeness (QED) is 0.822. The minimum Gasteiger partial charge on any atom is -0.356 e. The fourth-order valence-electron chi connectivity index (χ4n) is 1.64. The molecule has 1 heterocycles. The highest BCUT2D eigenvalue weighted by atomic mass is 15.3. The van der Waals surface area contributed by atoms with E-state index in [0.717, 1.165) is 30.9 Å². The summed E-state index contributed by atoms with van der Waals surface area (Å²) in [5, 5.41) is 8.39. The largest absolute Gasteiger partial charge is 0.356 e. The van der Waals surface area contributed by atoms with Gasteiger partial charge in [0.25, 0.3) is 0 Å². The molecule has 0 fully saturated rings. The molecule has 0 aromatic carbocycles. The van der Waals surface area contributed by atoms with Gasteiger partial charge in [-0.3, -0.25) is 0 Å². The van der Waals surface area contributed by atoms with Crippen molar-refractivity contribution in [3.63, 3.8) is 0 Å². The van der Waals surface area contributed by atoms with Crippen molar-refractivity contribution in [1.82, 2.24) is 10.2 Å². The molecule has 4 nitrogen and oxygen atoms in total. The zero-order valence-corrected chi connectivity index (χ0v) is 10.7. The van der Waals surface area contributed by atoms with Gasteiger partial charge in [-0.05, 0) is 32.4 Å². The molecule has 0 amide bonds. The summed E-state index contributed by atoms with van der Waals surface area (Å²) in [4.78, 5) is 2.03. The minimum atomic E-state index is -0.224. The van der Waals surface area contributed by atoms with E-state index in [1.165, 1.54) is 0 Å². The second kappa shape index (κ2) is 5.25. The maximum Gasteiger partial charge on any atom is 0.151 e. The molecule has 0 unspecified atom stereocenters. The topological polar surface area (TPSA) is 55.0 Å². The first kappa shape index (κ1) is 12.9. The Morgan fingerprint density at radius 3 is 2.44 bits per heavy atom. The van der Waals surface area contributed by atoms with Gasteiger partial charge in [-0.15, -0.1) is 5.10 Å². The van der Waals surface area contributed by atoms with Crippen LogP contribution in [0.25, 0.3) is 0 Å². The second-order valence-electron chi connectivity index (χ2n) is 4.98. The van der Waals surface area contributed by atoms with Crippen LogP contribution in [0.3, 0.4) is 0 Å². The lowest BCUT2D eigenvalue weighted by molar-refractivity contribution is 0.516. The molecule has 0 aliphatic rings. The molecule has 0 spiro atoms. The molecule has 90 valence electrons. The van der Waals surface area contributed by atoms with Crippen LogP contribution in [0, 0.1) is 0 Å². The Morgan fingerprint density at radius 2 is 2.00 bits per heavy atom. The molecule has 4 heteroatoms. The summed E-state index contributed by atoms with van der Waals surface area (Å²) < 4.78 is 0. The molecule has 0 bridgehead atoms. The summed E-state index contributed by atoms with van der Waals surface area (Å²) in [5.41, 5.74) is 6.79. The maximum atomic E-state index is 5.96. The second-order valence-corrected chi connectivity index (χ2v) is 4.98. The monoisotopic (exact) mass is 222 g/mol. The number of aromatic nitrogens is 2. The van der Waals surface area contributed by atoms with Crippen molar-refractivity contribution in [1.29, 1.82) is 0 Å². The maximum absolute atomic E-state index is 5.96. The number of nitrogens with zero attached hydrogens (tertiary/aromatic N) is 3. The van der Waals surface area contributed by atoms with E-state index < -0.39 is 0 Å². The molecular weight excluding hydrogens is 200 g/mol. The third-order valence-electron chi connectivity index (χ3n) is 2.25. The molecular formula is C12H22N4. The van der Waals surface area contributed by atoms with Crippen LogP contribution >= 0.6 is 0 Å². The van der Waals surface area contributed by atoms with Crippen LogP contribution in [-0.4, -0.2) is 29.3 Å². The van der Waals surface area contributed by atoms with Gasteiger partial charge in [0.15, 0.2) is 5.82 Å². The summed E-state index contributed by atoms with van der Waals surface area (Å²) in [6, 6.07) is 4.04. The Labute approximate surface area is 97.9 Å². The molecule has 0 atom stereocenters. The van der Waals surface area contributed by atoms with Crippen molar-refractivity contribution in [3.8, 4) is 0 Å². The molecule has 0 radical (unpaired) electrons. The lowest BCUT2D eigenvalue weighted by atomic mass is 10.1. The van der Waals surface area contributed by atoms with E-state index >= 15 is 0 Å². The molecule has 2 N–H and O–H groups in total. The lowest BCUT2D eigenvalue weighted by Gasteiger charge is -2.26. The van der Waals surface area contributed by atoms with Gasteiger partial charge in [0.1, 0.15) is 0 Å². The van der Waals surface area contributed by atoms with Crippen LogP contribution in [0.1, 0.15) is 32.9 Å². The van der Waals surface area contributed by atoms with Crippen LogP contribution < -0.4 is 10.6 Å². The first-order chi connectivity index (χ1) is 7.42. The van der Waals surface area contributed by atoms with Gasteiger partial charge < -0.3 is 10.6 Å². The smallest absolute Gasteiger partial charge is 0.151 e. The van der Waals surface area contributed by atoms with Gasteiger partial charge in [0, 0.05) is 19.1 Å². The van der Waals surface area contributed by atoms with Gasteiger partial charge in [-0.2, -0.15) is 5.10 Å². The average molecular weight is 222 g/mol. The Kier molecular flexibility index (Phi) is 4.24. The van der Waals surface area contributed by atoms with Crippen LogP contribution in [0.5, 0.6) is 0 Å². The Hall–Kier alpha value is -1.16. The van der Waals surface area contributed by atoms with Crippen molar-refractivity contribution >= 4 is 5.82 Å². The molecule has 0 saturated heterocycles. The Balaban J connectivity index is 2.66. The van der Waals surface area contributed by atoms with E-state index in [-0.39, 0.29) is 5.54 Å². The summed E-state index contributed by atoms with van der Waals surface area (Å²) in [6.07, 6.45) is 2.08. The highest BCUT2D eigenvalue weighted by Crippen LogP contribution is 2.11. The molecule has 16 heavy (non-hydrogen) atoms. The predicted octanol–water partition coefficient (Wildman–Crippen LogP) is 1.60. The van der Waals surface area contributed by atoms with Crippen molar-refractivity contribution < 1.29 is 0 Å². The third-order valence-corrected chi connectivity index (χ3v) is 2.25. The average Bonchev–Trinajstić information content (AvgIpc) is 2.16. The Bertz CT molecular complexity index is 313. The number of nitrogens with two attached hydrogens (primary N) is 1. The molecule has 1 aromatic rings. The van der Waals surface area contributed by atoms with Crippen LogP contribution in [0.4, 0.5) is 5.82 Å². The lowest BCUT2D eigenvalue weighted by Crippen LogP contribution is -2.44. The number of hydrogen-bond donors (Lipinski definition) is 1. The van der Waals surface area contributed by atoms with E-state index in [1.807, 2.05) is 37.9 Å². The SMILES string of the molecule is CCCc1ccc(N(C)CC(C)(C)N)nn1. The van der Waals surface area contributed by atoms with E-state index in [1.54, 1.807) is 0 Å². The number of rotatable bonds is 5. The molecule has 0 aliphatic heterocycles. The van der Waals surface area contributed by atoms with Gasteiger partial charge in [0.2, 0.25) is 0 Å². The van der Waals surface area contributed by atoms with Crippen molar-refractivity contribution in [2.75, 3.05) is 18.5 Å². The van der Waals surface area contributed by atoms with E-state index in [0.29, 0.717) is 0 Å². The Morgan fingerprint density at radius 1 is 1.31 bits per heavy atom. The summed E-state index contributed by atoms with van der Waals surface area (Å²) in [6.45, 7) is 6.90. The summed E-state index contributed by atoms with van der Waals surface area (Å²) >= 11 is 0. The highest BCUT2D eigenvalue weighted by molar-refractivity contribution is 5.36. The standard InChI is InChI=1S/C12H22N4/c1-5-6-10-7-8-11(15-14-10)16(4)9-12(2,3)13/h7-8H,5-6,9,13H2,1-4H3. The zero-order valence-electron chi connectivity index (χ0n) is 10.7. The first-order valence-electron chi connectivity index (χ1n) is 5.75. The predicted molar refractivity (Wildman–Crippen MR) is 67.6 cm³/mol. The van der Waals surface area contributed by atoms with E-state index in [4.69, 9.17) is 5.73 Å². The van der Waals surface area contributed by atoms with Crippen molar-refractivity contribution in [2.24, 2.45) is 5.73 Å². The highest BCUT2D eigenvalue weighted by Gasteiger charge is 2.15. The minimum absolute atomic E-state index is 0.224. The zero-order chi connectivity index (χ0) is 12.2. The molecule has 0 saturated carbocycles. The first-order valence-corrected chi connectivity index (χ1v) is 5.75. The van der Waals surface area contributed by atoms with E-state index in [9.17, 15) is 0 Å². The summed E-state index contributed by atoms with van der Waals surface area (Å²) in [7, 11) is 1.98. The van der Waals surface area contributed by atoms with E-state index in [2.05, 4.69) is 17.1 Å². The van der Waals surface area contributed by atoms with Crippen LogP contribution in [-0.2, 0) is 6.42 Å². The molecule has 0 aliphatic carbocycles. The number of likely N-dealkylation sites (N-methyl/N-ethyl adjacent to an activating group) is 1. The van der Waals surface area contributed by atoms with Gasteiger partial charge in [-0.25, -0.2) is 0 Å². The number of anilines is 1. The van der Waals surface area contributed by atoms with Gasteiger partial charge >= 0.3 is 0 Å².